The zero-order valence-corrected chi connectivity index (χ0v) is 14.1. The normalized spacial score (nSPS) is 11.8. The molecule has 1 atom stereocenters. The van der Waals surface area contributed by atoms with Crippen molar-refractivity contribution < 1.29 is 4.74 Å². The van der Waals surface area contributed by atoms with Gasteiger partial charge in [-0.3, -0.25) is 0 Å². The summed E-state index contributed by atoms with van der Waals surface area (Å²) in [6.45, 7) is 3.05. The molecule has 1 N–H and O–H groups in total. The highest BCUT2D eigenvalue weighted by molar-refractivity contribution is 6.48. The zero-order chi connectivity index (χ0) is 13.5. The van der Waals surface area contributed by atoms with Crippen molar-refractivity contribution in [3.05, 3.63) is 27.2 Å². The molecule has 0 bridgehead atoms. The molecule has 1 rings (SSSR count). The van der Waals surface area contributed by atoms with Crippen LogP contribution in [0.2, 0.25) is 15.1 Å². The maximum absolute atomic E-state index is 5.98. The minimum absolute atomic E-state index is 0. The van der Waals surface area contributed by atoms with E-state index in [2.05, 4.69) is 12.2 Å². The third kappa shape index (κ3) is 6.42. The fourth-order valence-electron chi connectivity index (χ4n) is 1.68. The lowest BCUT2D eigenvalue weighted by Gasteiger charge is -2.19. The van der Waals surface area contributed by atoms with Crippen LogP contribution < -0.4 is 10.1 Å². The summed E-state index contributed by atoms with van der Waals surface area (Å²) in [6.07, 6.45) is 3.18. The van der Waals surface area contributed by atoms with Crippen molar-refractivity contribution >= 4 is 47.2 Å². The Bertz CT molecular complexity index is 364. The largest absolute Gasteiger partial charge is 0.490 e. The molecule has 1 aromatic rings. The lowest BCUT2D eigenvalue weighted by molar-refractivity contribution is 0.180. The average Bonchev–Trinajstić information content (AvgIpc) is 2.33. The Morgan fingerprint density at radius 3 is 2.21 bits per heavy atom. The minimum atomic E-state index is 0. The van der Waals surface area contributed by atoms with E-state index in [0.717, 1.165) is 25.8 Å². The van der Waals surface area contributed by atoms with Gasteiger partial charge in [-0.1, -0.05) is 48.1 Å². The van der Waals surface area contributed by atoms with Crippen LogP contribution in [0.1, 0.15) is 26.2 Å². The van der Waals surface area contributed by atoms with Crippen molar-refractivity contribution in [1.82, 2.24) is 5.32 Å². The van der Waals surface area contributed by atoms with Gasteiger partial charge in [0.25, 0.3) is 0 Å². The van der Waals surface area contributed by atoms with E-state index >= 15 is 0 Å². The van der Waals surface area contributed by atoms with Gasteiger partial charge in [0.2, 0.25) is 0 Å². The lowest BCUT2D eigenvalue weighted by atomic mass is 10.1. The Morgan fingerprint density at radius 1 is 1.16 bits per heavy atom. The molecule has 0 aromatic heterocycles. The minimum Gasteiger partial charge on any atom is -0.490 e. The predicted octanol–water partition coefficient (Wildman–Crippen LogP) is 5.23. The molecule has 0 spiro atoms. The van der Waals surface area contributed by atoms with Crippen molar-refractivity contribution in [2.45, 2.75) is 32.3 Å². The summed E-state index contributed by atoms with van der Waals surface area (Å²) in [7, 11) is 1.93. The van der Waals surface area contributed by atoms with Crippen molar-refractivity contribution in [3.8, 4) is 5.75 Å². The molecule has 0 amide bonds. The lowest BCUT2D eigenvalue weighted by Crippen LogP contribution is -2.22. The highest BCUT2D eigenvalue weighted by Gasteiger charge is 2.12. The molecule has 0 radical (unpaired) electrons. The van der Waals surface area contributed by atoms with Gasteiger partial charge in [0.1, 0.15) is 5.75 Å². The van der Waals surface area contributed by atoms with Gasteiger partial charge in [-0.25, -0.2) is 0 Å². The first-order chi connectivity index (χ1) is 8.58. The van der Waals surface area contributed by atoms with E-state index in [1.165, 1.54) is 0 Å². The Hall–Kier alpha value is 0.140. The van der Waals surface area contributed by atoms with Crippen LogP contribution >= 0.6 is 47.2 Å². The molecule has 0 aliphatic rings. The first kappa shape index (κ1) is 19.1. The van der Waals surface area contributed by atoms with E-state index in [1.54, 1.807) is 12.1 Å². The summed E-state index contributed by atoms with van der Waals surface area (Å²) < 4.78 is 5.91. The zero-order valence-electron chi connectivity index (χ0n) is 11.0. The molecular weight excluding hydrogens is 328 g/mol. The summed E-state index contributed by atoms with van der Waals surface area (Å²) in [6, 6.07) is 3.41. The summed E-state index contributed by atoms with van der Waals surface area (Å²) in [5.74, 6) is 0.670. The number of hydrogen-bond donors (Lipinski definition) is 1. The highest BCUT2D eigenvalue weighted by Crippen LogP contribution is 2.34. The third-order valence-electron chi connectivity index (χ3n) is 2.59. The Kier molecular flexibility index (Phi) is 10.0. The van der Waals surface area contributed by atoms with E-state index in [0.29, 0.717) is 20.8 Å². The van der Waals surface area contributed by atoms with Crippen LogP contribution in [0.4, 0.5) is 0 Å². The fourth-order valence-corrected chi connectivity index (χ4v) is 2.26. The molecule has 0 heterocycles. The van der Waals surface area contributed by atoms with Crippen molar-refractivity contribution in [2.75, 3.05) is 13.6 Å². The van der Waals surface area contributed by atoms with Crippen LogP contribution in [0, 0.1) is 0 Å². The molecule has 0 fully saturated rings. The average molecular weight is 347 g/mol. The van der Waals surface area contributed by atoms with E-state index in [9.17, 15) is 0 Å². The van der Waals surface area contributed by atoms with Crippen LogP contribution in [0.5, 0.6) is 5.75 Å². The number of hydrogen-bond acceptors (Lipinski definition) is 2. The molecule has 19 heavy (non-hydrogen) atoms. The SMILES string of the molecule is CCC[C@H](CCNC)Oc1cc(Cl)c(Cl)c(Cl)c1.Cl. The van der Waals surface area contributed by atoms with Gasteiger partial charge in [-0.2, -0.15) is 0 Å². The van der Waals surface area contributed by atoms with Crippen LogP contribution in [0.25, 0.3) is 0 Å². The van der Waals surface area contributed by atoms with Crippen LogP contribution in [0.3, 0.4) is 0 Å². The summed E-state index contributed by atoms with van der Waals surface area (Å²) in [5, 5.41) is 4.33. The summed E-state index contributed by atoms with van der Waals surface area (Å²) in [4.78, 5) is 0. The van der Waals surface area contributed by atoms with Gasteiger partial charge in [-0.15, -0.1) is 12.4 Å². The van der Waals surface area contributed by atoms with Crippen molar-refractivity contribution in [1.29, 1.82) is 0 Å². The van der Waals surface area contributed by atoms with Gasteiger partial charge >= 0.3 is 0 Å². The number of halogens is 4. The van der Waals surface area contributed by atoms with Crippen LogP contribution in [-0.2, 0) is 0 Å². The number of nitrogens with one attached hydrogen (secondary N) is 1. The smallest absolute Gasteiger partial charge is 0.122 e. The maximum atomic E-state index is 5.98. The Labute approximate surface area is 136 Å². The number of benzene rings is 1. The van der Waals surface area contributed by atoms with Gasteiger partial charge in [0, 0.05) is 12.1 Å². The van der Waals surface area contributed by atoms with Gasteiger partial charge < -0.3 is 10.1 Å². The first-order valence-corrected chi connectivity index (χ1v) is 7.17. The maximum Gasteiger partial charge on any atom is 0.122 e. The van der Waals surface area contributed by atoms with E-state index in [-0.39, 0.29) is 18.5 Å². The molecule has 0 unspecified atom stereocenters. The second kappa shape index (κ2) is 9.95. The predicted molar refractivity (Wildman–Crippen MR) is 86.6 cm³/mol. The molecule has 110 valence electrons. The molecule has 1 aromatic carbocycles. The fraction of sp³-hybridized carbons (Fsp3) is 0.538. The molecule has 0 saturated heterocycles. The number of ether oxygens (including phenoxy) is 1. The number of rotatable bonds is 7. The van der Waals surface area contributed by atoms with E-state index in [1.807, 2.05) is 7.05 Å². The topological polar surface area (TPSA) is 21.3 Å². The van der Waals surface area contributed by atoms with Gasteiger partial charge in [-0.05, 0) is 26.4 Å². The second-order valence-corrected chi connectivity index (χ2v) is 5.31. The van der Waals surface area contributed by atoms with Crippen molar-refractivity contribution in [2.24, 2.45) is 0 Å². The quantitative estimate of drug-likeness (QED) is 0.683. The monoisotopic (exact) mass is 345 g/mol. The summed E-state index contributed by atoms with van der Waals surface area (Å²) in [5.41, 5.74) is 0. The molecule has 6 heteroatoms. The first-order valence-electron chi connectivity index (χ1n) is 6.04. The van der Waals surface area contributed by atoms with Crippen molar-refractivity contribution in [3.63, 3.8) is 0 Å². The highest BCUT2D eigenvalue weighted by atomic mass is 35.5. The Balaban J connectivity index is 0.00000324. The standard InChI is InChI=1S/C13H18Cl3NO.ClH/c1-3-4-9(5-6-17-2)18-10-7-11(14)13(16)12(15)8-10;/h7-9,17H,3-6H2,1-2H3;1H/t9-;/m1./s1. The van der Waals surface area contributed by atoms with Gasteiger partial charge in [0.05, 0.1) is 21.2 Å². The molecule has 2 nitrogen and oxygen atoms in total. The summed E-state index contributed by atoms with van der Waals surface area (Å²) >= 11 is 17.9. The molecule has 0 aliphatic heterocycles. The molecule has 0 aliphatic carbocycles. The van der Waals surface area contributed by atoms with Crippen LogP contribution in [-0.4, -0.2) is 19.7 Å². The van der Waals surface area contributed by atoms with Crippen LogP contribution in [0.15, 0.2) is 12.1 Å². The third-order valence-corrected chi connectivity index (χ3v) is 3.78. The second-order valence-electron chi connectivity index (χ2n) is 4.12. The Morgan fingerprint density at radius 2 is 1.74 bits per heavy atom. The van der Waals surface area contributed by atoms with E-state index < -0.39 is 0 Å². The van der Waals surface area contributed by atoms with Gasteiger partial charge in [0.15, 0.2) is 0 Å². The molecular formula is C13H19Cl4NO. The molecule has 0 saturated carbocycles. The van der Waals surface area contributed by atoms with E-state index in [4.69, 9.17) is 39.5 Å².